The van der Waals surface area contributed by atoms with E-state index in [0.29, 0.717) is 18.9 Å². The number of anilines is 2. The van der Waals surface area contributed by atoms with Gasteiger partial charge in [0.25, 0.3) is 0 Å². The Labute approximate surface area is 141 Å². The Morgan fingerprint density at radius 1 is 1.08 bits per heavy atom. The van der Waals surface area contributed by atoms with Gasteiger partial charge >= 0.3 is 6.03 Å². The number of nitrogens with one attached hydrogen (secondary N) is 1. The zero-order chi connectivity index (χ0) is 17.1. The molecular weight excluding hydrogens is 304 g/mol. The predicted octanol–water partition coefficient (Wildman–Crippen LogP) is 2.76. The van der Waals surface area contributed by atoms with Crippen molar-refractivity contribution in [3.63, 3.8) is 0 Å². The highest BCUT2D eigenvalue weighted by molar-refractivity contribution is 5.88. The maximum atomic E-state index is 12.4. The molecule has 6 nitrogen and oxygen atoms in total. The van der Waals surface area contributed by atoms with E-state index in [1.165, 1.54) is 0 Å². The number of carbonyl (C=O) groups excluding carboxylic acids is 1. The number of aromatic hydroxyl groups is 1. The van der Waals surface area contributed by atoms with Crippen LogP contribution in [0.5, 0.6) is 5.75 Å². The molecule has 3 rings (SSSR count). The summed E-state index contributed by atoms with van der Waals surface area (Å²) in [5, 5.41) is 12.2. The van der Waals surface area contributed by atoms with Gasteiger partial charge in [-0.2, -0.15) is 0 Å². The number of aryl methyl sites for hydroxylation is 2. The highest BCUT2D eigenvalue weighted by atomic mass is 16.3. The number of nitrogens with zero attached hydrogens (tertiary/aromatic N) is 3. The van der Waals surface area contributed by atoms with Crippen LogP contribution in [0, 0.1) is 13.8 Å². The number of hydrogen-bond donors (Lipinski definition) is 2. The zero-order valence-electron chi connectivity index (χ0n) is 14.0. The van der Waals surface area contributed by atoms with E-state index >= 15 is 0 Å². The van der Waals surface area contributed by atoms with Crippen molar-refractivity contribution in [3.8, 4) is 5.75 Å². The first-order valence-electron chi connectivity index (χ1n) is 8.06. The highest BCUT2D eigenvalue weighted by Crippen LogP contribution is 2.20. The SMILES string of the molecule is Cc1cc(C)nc(NC(=O)N2CCN(c3ccc(O)cc3)CC2)c1. The summed E-state index contributed by atoms with van der Waals surface area (Å²) in [6.45, 7) is 6.73. The van der Waals surface area contributed by atoms with Crippen LogP contribution in [0.2, 0.25) is 0 Å². The maximum Gasteiger partial charge on any atom is 0.323 e. The summed E-state index contributed by atoms with van der Waals surface area (Å²) in [6, 6.07) is 10.9. The van der Waals surface area contributed by atoms with E-state index in [1.807, 2.05) is 38.1 Å². The lowest BCUT2D eigenvalue weighted by atomic mass is 10.2. The number of urea groups is 1. The molecule has 2 aromatic rings. The summed E-state index contributed by atoms with van der Waals surface area (Å²) in [5.41, 5.74) is 3.03. The number of rotatable bonds is 2. The van der Waals surface area contributed by atoms with Crippen LogP contribution in [0.1, 0.15) is 11.3 Å². The van der Waals surface area contributed by atoms with Crippen molar-refractivity contribution in [2.45, 2.75) is 13.8 Å². The minimum Gasteiger partial charge on any atom is -0.508 e. The van der Waals surface area contributed by atoms with E-state index < -0.39 is 0 Å². The van der Waals surface area contributed by atoms with E-state index in [1.54, 1.807) is 17.0 Å². The summed E-state index contributed by atoms with van der Waals surface area (Å²) in [4.78, 5) is 20.8. The first-order chi connectivity index (χ1) is 11.5. The van der Waals surface area contributed by atoms with Crippen molar-refractivity contribution in [2.75, 3.05) is 36.4 Å². The van der Waals surface area contributed by atoms with E-state index in [4.69, 9.17) is 0 Å². The van der Waals surface area contributed by atoms with Crippen molar-refractivity contribution >= 4 is 17.5 Å². The molecule has 2 N–H and O–H groups in total. The third kappa shape index (κ3) is 3.76. The summed E-state index contributed by atoms with van der Waals surface area (Å²) in [7, 11) is 0. The Morgan fingerprint density at radius 2 is 1.75 bits per heavy atom. The number of phenols is 1. The smallest absolute Gasteiger partial charge is 0.323 e. The van der Waals surface area contributed by atoms with Gasteiger partial charge in [0, 0.05) is 37.6 Å². The standard InChI is InChI=1S/C18H22N4O2/c1-13-11-14(2)19-17(12-13)20-18(24)22-9-7-21(8-10-22)15-3-5-16(23)6-4-15/h3-6,11-12,23H,7-10H2,1-2H3,(H,19,20,24). The number of amides is 2. The topological polar surface area (TPSA) is 68.7 Å². The molecule has 126 valence electrons. The second kappa shape index (κ2) is 6.78. The van der Waals surface area contributed by atoms with Gasteiger partial charge in [0.2, 0.25) is 0 Å². The third-order valence-electron chi connectivity index (χ3n) is 4.11. The molecule has 6 heteroatoms. The fourth-order valence-electron chi connectivity index (χ4n) is 2.93. The molecule has 1 saturated heterocycles. The number of benzene rings is 1. The van der Waals surface area contributed by atoms with E-state index in [2.05, 4.69) is 15.2 Å². The molecule has 24 heavy (non-hydrogen) atoms. The first-order valence-corrected chi connectivity index (χ1v) is 8.06. The molecule has 0 spiro atoms. The second-order valence-electron chi connectivity index (χ2n) is 6.09. The average Bonchev–Trinajstić information content (AvgIpc) is 2.55. The number of pyridine rings is 1. The molecule has 2 amide bonds. The Kier molecular flexibility index (Phi) is 4.55. The van der Waals surface area contributed by atoms with Crippen LogP contribution in [0.4, 0.5) is 16.3 Å². The molecule has 1 fully saturated rings. The van der Waals surface area contributed by atoms with E-state index in [-0.39, 0.29) is 11.8 Å². The fraction of sp³-hybridized carbons (Fsp3) is 0.333. The Bertz CT molecular complexity index is 702. The van der Waals surface area contributed by atoms with Gasteiger partial charge in [0.15, 0.2) is 0 Å². The minimum atomic E-state index is -0.113. The zero-order valence-corrected chi connectivity index (χ0v) is 14.0. The number of aromatic nitrogens is 1. The molecule has 1 aliphatic rings. The Balaban J connectivity index is 1.57. The highest BCUT2D eigenvalue weighted by Gasteiger charge is 2.21. The summed E-state index contributed by atoms with van der Waals surface area (Å²) in [6.07, 6.45) is 0. The van der Waals surface area contributed by atoms with Gasteiger partial charge in [-0.15, -0.1) is 0 Å². The van der Waals surface area contributed by atoms with Gasteiger partial charge in [-0.3, -0.25) is 5.32 Å². The minimum absolute atomic E-state index is 0.113. The van der Waals surface area contributed by atoms with Crippen molar-refractivity contribution in [1.82, 2.24) is 9.88 Å². The van der Waals surface area contributed by atoms with Crippen molar-refractivity contribution in [3.05, 3.63) is 47.7 Å². The van der Waals surface area contributed by atoms with Gasteiger partial charge < -0.3 is 14.9 Å². The van der Waals surface area contributed by atoms with Crippen LogP contribution in [0.15, 0.2) is 36.4 Å². The lowest BCUT2D eigenvalue weighted by Gasteiger charge is -2.36. The molecule has 0 saturated carbocycles. The van der Waals surface area contributed by atoms with Gasteiger partial charge in [-0.25, -0.2) is 9.78 Å². The van der Waals surface area contributed by atoms with Gasteiger partial charge in [0.1, 0.15) is 11.6 Å². The summed E-state index contributed by atoms with van der Waals surface area (Å²) < 4.78 is 0. The van der Waals surface area contributed by atoms with E-state index in [9.17, 15) is 9.90 Å². The predicted molar refractivity (Wildman–Crippen MR) is 94.6 cm³/mol. The van der Waals surface area contributed by atoms with E-state index in [0.717, 1.165) is 30.0 Å². The molecule has 0 radical (unpaired) electrons. The van der Waals surface area contributed by atoms with Crippen molar-refractivity contribution in [2.24, 2.45) is 0 Å². The number of hydrogen-bond acceptors (Lipinski definition) is 4. The first kappa shape index (κ1) is 16.1. The molecule has 1 aliphatic heterocycles. The van der Waals surface area contributed by atoms with Crippen LogP contribution in [-0.2, 0) is 0 Å². The van der Waals surface area contributed by atoms with Crippen LogP contribution in [0.25, 0.3) is 0 Å². The molecule has 1 aromatic carbocycles. The lowest BCUT2D eigenvalue weighted by Crippen LogP contribution is -2.50. The van der Waals surface area contributed by atoms with Crippen molar-refractivity contribution in [1.29, 1.82) is 0 Å². The maximum absolute atomic E-state index is 12.4. The Hall–Kier alpha value is -2.76. The third-order valence-corrected chi connectivity index (χ3v) is 4.11. The summed E-state index contributed by atoms with van der Waals surface area (Å²) >= 11 is 0. The molecule has 0 bridgehead atoms. The largest absolute Gasteiger partial charge is 0.508 e. The number of piperazine rings is 1. The molecule has 0 atom stereocenters. The fourth-order valence-corrected chi connectivity index (χ4v) is 2.93. The van der Waals surface area contributed by atoms with Gasteiger partial charge in [0.05, 0.1) is 0 Å². The van der Waals surface area contributed by atoms with Crippen LogP contribution >= 0.6 is 0 Å². The van der Waals surface area contributed by atoms with Gasteiger partial charge in [-0.1, -0.05) is 0 Å². The molecule has 0 aliphatic carbocycles. The molecule has 2 heterocycles. The van der Waals surface area contributed by atoms with Crippen LogP contribution < -0.4 is 10.2 Å². The number of phenolic OH excluding ortho intramolecular Hbond substituents is 1. The van der Waals surface area contributed by atoms with Crippen LogP contribution in [0.3, 0.4) is 0 Å². The second-order valence-corrected chi connectivity index (χ2v) is 6.09. The molecule has 1 aromatic heterocycles. The normalized spacial score (nSPS) is 14.6. The monoisotopic (exact) mass is 326 g/mol. The average molecular weight is 326 g/mol. The Morgan fingerprint density at radius 3 is 2.38 bits per heavy atom. The molecule has 0 unspecified atom stereocenters. The summed E-state index contributed by atoms with van der Waals surface area (Å²) in [5.74, 6) is 0.858. The van der Waals surface area contributed by atoms with Crippen molar-refractivity contribution < 1.29 is 9.90 Å². The lowest BCUT2D eigenvalue weighted by molar-refractivity contribution is 0.208. The van der Waals surface area contributed by atoms with Crippen LogP contribution in [-0.4, -0.2) is 47.2 Å². The number of carbonyl (C=O) groups is 1. The molecular formula is C18H22N4O2. The quantitative estimate of drug-likeness (QED) is 0.890. The van der Waals surface area contributed by atoms with Gasteiger partial charge in [-0.05, 0) is 55.8 Å².